The Balaban J connectivity index is 2.74. The van der Waals surface area contributed by atoms with E-state index in [1.807, 2.05) is 0 Å². The smallest absolute Gasteiger partial charge is 0.353 e. The van der Waals surface area contributed by atoms with Crippen LogP contribution < -0.4 is 5.69 Å². The third-order valence-electron chi connectivity index (χ3n) is 3.03. The van der Waals surface area contributed by atoms with Crippen LogP contribution in [0.15, 0.2) is 21.6 Å². The van der Waals surface area contributed by atoms with Crippen molar-refractivity contribution in [3.63, 3.8) is 0 Å². The van der Waals surface area contributed by atoms with Gasteiger partial charge in [0.25, 0.3) is 0 Å². The number of aliphatic carboxylic acids is 1. The first-order valence-electron chi connectivity index (χ1n) is 5.67. The molecule has 19 heavy (non-hydrogen) atoms. The lowest BCUT2D eigenvalue weighted by molar-refractivity contribution is -0.138. The summed E-state index contributed by atoms with van der Waals surface area (Å²) in [7, 11) is 0. The van der Waals surface area contributed by atoms with Gasteiger partial charge in [-0.1, -0.05) is 5.16 Å². The maximum Gasteiger partial charge on any atom is 0.353 e. The normalized spacial score (nSPS) is 12.4. The molecule has 0 aliphatic carbocycles. The van der Waals surface area contributed by atoms with Gasteiger partial charge in [0.15, 0.2) is 5.82 Å². The zero-order valence-electron chi connectivity index (χ0n) is 10.7. The third-order valence-corrected chi connectivity index (χ3v) is 3.03. The molecule has 0 saturated carbocycles. The van der Waals surface area contributed by atoms with E-state index in [-0.39, 0.29) is 5.82 Å². The van der Waals surface area contributed by atoms with E-state index in [0.717, 1.165) is 0 Å². The van der Waals surface area contributed by atoms with Crippen molar-refractivity contribution in [2.75, 3.05) is 0 Å². The van der Waals surface area contributed by atoms with Crippen LogP contribution >= 0.6 is 0 Å². The minimum atomic E-state index is -0.974. The lowest BCUT2D eigenvalue weighted by atomic mass is 9.98. The molecule has 0 fully saturated rings. The van der Waals surface area contributed by atoms with E-state index in [9.17, 15) is 9.59 Å². The summed E-state index contributed by atoms with van der Waals surface area (Å²) in [5.41, 5.74) is 0.916. The molecule has 0 spiro atoms. The zero-order chi connectivity index (χ0) is 14.2. The van der Waals surface area contributed by atoms with Crippen molar-refractivity contribution in [2.45, 2.75) is 26.7 Å². The van der Waals surface area contributed by atoms with Crippen molar-refractivity contribution < 1.29 is 14.4 Å². The Bertz CT molecular complexity index is 673. The molecule has 100 valence electrons. The van der Waals surface area contributed by atoms with Crippen molar-refractivity contribution in [2.24, 2.45) is 0 Å². The van der Waals surface area contributed by atoms with Crippen LogP contribution in [0.3, 0.4) is 0 Å². The molecule has 2 aromatic heterocycles. The lowest BCUT2D eigenvalue weighted by Gasteiger charge is -2.16. The second-order valence-electron chi connectivity index (χ2n) is 4.23. The second kappa shape index (κ2) is 4.68. The molecular weight excluding hydrogens is 250 g/mol. The minimum absolute atomic E-state index is 0.286. The van der Waals surface area contributed by atoms with Crippen molar-refractivity contribution in [1.82, 2.24) is 14.7 Å². The van der Waals surface area contributed by atoms with Crippen molar-refractivity contribution in [3.8, 4) is 5.82 Å². The highest BCUT2D eigenvalue weighted by molar-refractivity contribution is 5.76. The number of nitrogens with zero attached hydrogens (tertiary/aromatic N) is 3. The van der Waals surface area contributed by atoms with Crippen LogP contribution in [0.5, 0.6) is 0 Å². The quantitative estimate of drug-likeness (QED) is 0.887. The molecule has 2 rings (SSSR count). The fraction of sp³-hybridized carbons (Fsp3) is 0.333. The number of aryl methyl sites for hydroxylation is 1. The molecule has 0 amide bonds. The predicted octanol–water partition coefficient (Wildman–Crippen LogP) is 1.03. The van der Waals surface area contributed by atoms with Gasteiger partial charge < -0.3 is 9.63 Å². The first-order valence-corrected chi connectivity index (χ1v) is 5.67. The summed E-state index contributed by atoms with van der Waals surface area (Å²) in [6.07, 6.45) is 1.33. The van der Waals surface area contributed by atoms with Gasteiger partial charge in [-0.15, -0.1) is 0 Å². The maximum atomic E-state index is 11.9. The summed E-state index contributed by atoms with van der Waals surface area (Å²) in [4.78, 5) is 26.9. The molecule has 7 heteroatoms. The van der Waals surface area contributed by atoms with Gasteiger partial charge in [0.2, 0.25) is 0 Å². The van der Waals surface area contributed by atoms with Gasteiger partial charge in [-0.3, -0.25) is 4.79 Å². The Labute approximate surface area is 108 Å². The Morgan fingerprint density at radius 1 is 1.47 bits per heavy atom. The van der Waals surface area contributed by atoms with Crippen LogP contribution in [0.1, 0.15) is 29.8 Å². The predicted molar refractivity (Wildman–Crippen MR) is 65.4 cm³/mol. The Hall–Kier alpha value is -2.44. The summed E-state index contributed by atoms with van der Waals surface area (Å²) in [6, 6.07) is 1.51. The summed E-state index contributed by atoms with van der Waals surface area (Å²) in [6.45, 7) is 4.84. The molecule has 0 aliphatic rings. The highest BCUT2D eigenvalue weighted by Gasteiger charge is 2.23. The van der Waals surface area contributed by atoms with E-state index < -0.39 is 17.6 Å². The van der Waals surface area contributed by atoms with Gasteiger partial charge in [-0.25, -0.2) is 9.36 Å². The highest BCUT2D eigenvalue weighted by atomic mass is 16.5. The standard InChI is InChI=1S/C12H13N3O4/c1-6(11(16)17)10-7(2)13-12(18)15(8(10)3)9-4-5-19-14-9/h4-6H,1-3H3,(H,16,17). The number of rotatable bonds is 3. The number of hydrogen-bond donors (Lipinski definition) is 1. The molecule has 0 saturated heterocycles. The van der Waals surface area contributed by atoms with Crippen LogP contribution in [-0.2, 0) is 4.79 Å². The molecule has 0 aromatic carbocycles. The zero-order valence-corrected chi connectivity index (χ0v) is 10.7. The van der Waals surface area contributed by atoms with Crippen LogP contribution in [0.2, 0.25) is 0 Å². The molecule has 1 unspecified atom stereocenters. The monoisotopic (exact) mass is 263 g/mol. The highest BCUT2D eigenvalue weighted by Crippen LogP contribution is 2.22. The number of aromatic nitrogens is 3. The third kappa shape index (κ3) is 2.14. The SMILES string of the molecule is Cc1nc(=O)n(-c2ccon2)c(C)c1C(C)C(=O)O. The summed E-state index contributed by atoms with van der Waals surface area (Å²) < 4.78 is 5.94. The summed E-state index contributed by atoms with van der Waals surface area (Å²) in [5, 5.41) is 12.8. The van der Waals surface area contributed by atoms with E-state index in [1.54, 1.807) is 20.8 Å². The summed E-state index contributed by atoms with van der Waals surface area (Å²) >= 11 is 0. The fourth-order valence-corrected chi connectivity index (χ4v) is 2.12. The minimum Gasteiger partial charge on any atom is -0.481 e. The molecule has 0 aliphatic heterocycles. The van der Waals surface area contributed by atoms with Gasteiger partial charge >= 0.3 is 11.7 Å². The van der Waals surface area contributed by atoms with Gasteiger partial charge in [0.05, 0.1) is 5.92 Å². The van der Waals surface area contributed by atoms with E-state index in [0.29, 0.717) is 17.0 Å². The second-order valence-corrected chi connectivity index (χ2v) is 4.23. The molecule has 1 N–H and O–H groups in total. The first-order chi connectivity index (χ1) is 8.93. The topological polar surface area (TPSA) is 98.2 Å². The van der Waals surface area contributed by atoms with Gasteiger partial charge in [-0.2, -0.15) is 4.98 Å². The summed E-state index contributed by atoms with van der Waals surface area (Å²) in [5.74, 6) is -1.45. The number of carbonyl (C=O) groups is 1. The number of carboxylic acid groups (broad SMARTS) is 1. The van der Waals surface area contributed by atoms with Crippen LogP contribution in [0.4, 0.5) is 0 Å². The maximum absolute atomic E-state index is 11.9. The van der Waals surface area contributed by atoms with Crippen LogP contribution in [0, 0.1) is 13.8 Å². The van der Waals surface area contributed by atoms with Gasteiger partial charge in [-0.05, 0) is 20.8 Å². The van der Waals surface area contributed by atoms with Gasteiger partial charge in [0.1, 0.15) is 6.26 Å². The molecule has 0 bridgehead atoms. The van der Waals surface area contributed by atoms with Crippen molar-refractivity contribution in [3.05, 3.63) is 39.8 Å². The van der Waals surface area contributed by atoms with E-state index in [1.165, 1.54) is 16.9 Å². The average molecular weight is 263 g/mol. The fourth-order valence-electron chi connectivity index (χ4n) is 2.12. The van der Waals surface area contributed by atoms with Gasteiger partial charge in [0, 0.05) is 23.0 Å². The molecule has 0 radical (unpaired) electrons. The molecule has 2 aromatic rings. The number of carboxylic acids is 1. The van der Waals surface area contributed by atoms with E-state index in [2.05, 4.69) is 10.1 Å². The Morgan fingerprint density at radius 2 is 2.16 bits per heavy atom. The molecular formula is C12H13N3O4. The Morgan fingerprint density at radius 3 is 2.68 bits per heavy atom. The number of hydrogen-bond acceptors (Lipinski definition) is 5. The molecule has 1 atom stereocenters. The largest absolute Gasteiger partial charge is 0.481 e. The van der Waals surface area contributed by atoms with E-state index >= 15 is 0 Å². The van der Waals surface area contributed by atoms with Crippen molar-refractivity contribution in [1.29, 1.82) is 0 Å². The average Bonchev–Trinajstić information content (AvgIpc) is 2.81. The van der Waals surface area contributed by atoms with Crippen molar-refractivity contribution >= 4 is 5.97 Å². The van der Waals surface area contributed by atoms with Crippen LogP contribution in [-0.4, -0.2) is 25.8 Å². The molecule has 7 nitrogen and oxygen atoms in total. The lowest BCUT2D eigenvalue weighted by Crippen LogP contribution is -2.28. The van der Waals surface area contributed by atoms with Crippen LogP contribution in [0.25, 0.3) is 5.82 Å². The van der Waals surface area contributed by atoms with E-state index in [4.69, 9.17) is 9.63 Å². The first kappa shape index (κ1) is 13.0. The Kier molecular flexibility index (Phi) is 3.20. The molecule has 2 heterocycles.